The molecule has 0 amide bonds. The zero-order valence-corrected chi connectivity index (χ0v) is 31.5. The fraction of sp³-hybridized carbons (Fsp3) is 0.130. The zero-order valence-electron chi connectivity index (χ0n) is 30.5. The average molecular weight is 704 g/mol. The van der Waals surface area contributed by atoms with Gasteiger partial charge in [-0.1, -0.05) is 121 Å². The second-order valence-corrected chi connectivity index (χ2v) is 15.5. The quantitative estimate of drug-likeness (QED) is 0.0834. The normalized spacial score (nSPS) is 11.7. The van der Waals surface area contributed by atoms with Gasteiger partial charge < -0.3 is 22.9 Å². The van der Waals surface area contributed by atoms with Gasteiger partial charge in [0.1, 0.15) is 12.4 Å². The molecule has 6 aromatic carbocycles. The first-order valence-electron chi connectivity index (χ1n) is 17.4. The Bertz CT molecular complexity index is 2020. The summed E-state index contributed by atoms with van der Waals surface area (Å²) < 4.78 is 23.1. The third-order valence-corrected chi connectivity index (χ3v) is 11.7. The first kappa shape index (κ1) is 36.3. The Morgan fingerprint density at radius 1 is 0.481 bits per heavy atom. The molecule has 0 atom stereocenters. The number of nitrogens with zero attached hydrogens (tertiary/aromatic N) is 1. The summed E-state index contributed by atoms with van der Waals surface area (Å²) in [4.78, 5) is 2.27. The van der Waals surface area contributed by atoms with Crippen molar-refractivity contribution in [1.29, 1.82) is 0 Å². The molecule has 0 bridgehead atoms. The molecular weight excluding hydrogens is 659 g/mol. The molecule has 52 heavy (non-hydrogen) atoms. The van der Waals surface area contributed by atoms with E-state index in [-0.39, 0.29) is 0 Å². The predicted octanol–water partition coefficient (Wildman–Crippen LogP) is 10.8. The number of anilines is 3. The summed E-state index contributed by atoms with van der Waals surface area (Å²) in [6.07, 6.45) is 8.62. The van der Waals surface area contributed by atoms with Gasteiger partial charge in [-0.15, -0.1) is 0 Å². The van der Waals surface area contributed by atoms with Crippen LogP contribution in [-0.2, 0) is 19.9 Å². The van der Waals surface area contributed by atoms with Crippen LogP contribution in [0.5, 0.6) is 5.75 Å². The van der Waals surface area contributed by atoms with E-state index < -0.39 is 8.80 Å². The van der Waals surface area contributed by atoms with Crippen molar-refractivity contribution in [2.24, 2.45) is 0 Å². The minimum Gasteiger partial charge on any atom is -0.488 e. The van der Waals surface area contributed by atoms with E-state index in [2.05, 4.69) is 152 Å². The Morgan fingerprint density at radius 3 is 1.33 bits per heavy atom. The fourth-order valence-electron chi connectivity index (χ4n) is 6.31. The minimum absolute atomic E-state index is 0.464. The van der Waals surface area contributed by atoms with Crippen molar-refractivity contribution in [2.75, 3.05) is 26.2 Å². The number of hydrogen-bond acceptors (Lipinski definition) is 5. The van der Waals surface area contributed by atoms with Crippen LogP contribution >= 0.6 is 0 Å². The van der Waals surface area contributed by atoms with Gasteiger partial charge in [-0.05, 0) is 101 Å². The van der Waals surface area contributed by atoms with Crippen LogP contribution < -0.4 is 14.8 Å². The van der Waals surface area contributed by atoms with Crippen LogP contribution in [0.4, 0.5) is 17.1 Å². The number of aryl methyl sites for hydroxylation is 2. The molecule has 0 unspecified atom stereocenters. The van der Waals surface area contributed by atoms with Gasteiger partial charge in [-0.3, -0.25) is 0 Å². The molecule has 0 aliphatic carbocycles. The van der Waals surface area contributed by atoms with E-state index in [1.54, 1.807) is 21.3 Å². The second kappa shape index (κ2) is 17.1. The van der Waals surface area contributed by atoms with E-state index >= 15 is 0 Å². The van der Waals surface area contributed by atoms with Crippen molar-refractivity contribution in [3.8, 4) is 5.75 Å². The molecule has 0 aliphatic heterocycles. The van der Waals surface area contributed by atoms with Crippen LogP contribution in [0, 0.1) is 13.8 Å². The van der Waals surface area contributed by atoms with Crippen molar-refractivity contribution in [1.82, 2.24) is 0 Å². The van der Waals surface area contributed by atoms with E-state index in [4.69, 9.17) is 18.0 Å². The largest absolute Gasteiger partial charge is 0.536 e. The average Bonchev–Trinajstić information content (AvgIpc) is 3.19. The van der Waals surface area contributed by atoms with Gasteiger partial charge in [0, 0.05) is 43.6 Å². The zero-order chi connectivity index (χ0) is 36.3. The maximum atomic E-state index is 6.28. The summed E-state index contributed by atoms with van der Waals surface area (Å²) in [7, 11) is 1.99. The molecule has 0 saturated heterocycles. The van der Waals surface area contributed by atoms with E-state index in [0.29, 0.717) is 6.61 Å². The summed E-state index contributed by atoms with van der Waals surface area (Å²) in [5.74, 6) is 0.908. The molecule has 0 N–H and O–H groups in total. The molecular formula is C46H45NO4Si. The maximum Gasteiger partial charge on any atom is 0.536 e. The summed E-state index contributed by atoms with van der Waals surface area (Å²) >= 11 is 0. The van der Waals surface area contributed by atoms with Crippen molar-refractivity contribution < 1.29 is 18.0 Å². The third-order valence-electron chi connectivity index (χ3n) is 9.03. The lowest BCUT2D eigenvalue weighted by Gasteiger charge is -2.25. The van der Waals surface area contributed by atoms with E-state index in [1.807, 2.05) is 36.4 Å². The van der Waals surface area contributed by atoms with Crippen LogP contribution in [0.15, 0.2) is 146 Å². The number of ether oxygens (including phenoxy) is 1. The molecule has 0 spiro atoms. The van der Waals surface area contributed by atoms with Crippen LogP contribution in [-0.4, -0.2) is 30.1 Å². The van der Waals surface area contributed by atoms with Gasteiger partial charge in [0.15, 0.2) is 0 Å². The lowest BCUT2D eigenvalue weighted by atomic mass is 10.0. The Morgan fingerprint density at radius 2 is 0.885 bits per heavy atom. The van der Waals surface area contributed by atoms with Crippen LogP contribution in [0.25, 0.3) is 24.3 Å². The number of rotatable bonds is 14. The van der Waals surface area contributed by atoms with Gasteiger partial charge >= 0.3 is 8.80 Å². The molecule has 0 saturated carbocycles. The van der Waals surface area contributed by atoms with E-state index in [0.717, 1.165) is 66.9 Å². The standard InChI is InChI=1S/C46H45NO4Si/c1-35-32-41(33-36(2)46(35)51-34-40-26-30-45(31-27-40)52(48-3,49-4)50-5)23-22-38-18-16-37(17-19-38)20-21-39-24-28-44(29-25-39)47(42-12-8-6-9-13-42)43-14-10-7-11-15-43/h6-33H,34H2,1-5H3/b21-20+,23-22+. The molecule has 0 aromatic heterocycles. The molecule has 262 valence electrons. The second-order valence-electron chi connectivity index (χ2n) is 12.6. The van der Waals surface area contributed by atoms with Gasteiger partial charge in [0.25, 0.3) is 0 Å². The first-order chi connectivity index (χ1) is 25.4. The lowest BCUT2D eigenvalue weighted by molar-refractivity contribution is 0.140. The monoisotopic (exact) mass is 703 g/mol. The molecule has 0 aliphatic rings. The van der Waals surface area contributed by atoms with Crippen LogP contribution in [0.2, 0.25) is 0 Å². The van der Waals surface area contributed by atoms with Crippen LogP contribution in [0.1, 0.15) is 38.9 Å². The molecule has 6 heteroatoms. The van der Waals surface area contributed by atoms with Crippen molar-refractivity contribution in [3.05, 3.63) is 185 Å². The molecule has 0 radical (unpaired) electrons. The third kappa shape index (κ3) is 8.68. The Balaban J connectivity index is 1.06. The van der Waals surface area contributed by atoms with Gasteiger partial charge in [0.2, 0.25) is 0 Å². The smallest absolute Gasteiger partial charge is 0.488 e. The molecule has 6 rings (SSSR count). The lowest BCUT2D eigenvalue weighted by Crippen LogP contribution is -2.54. The van der Waals surface area contributed by atoms with E-state index in [9.17, 15) is 0 Å². The highest BCUT2D eigenvalue weighted by Crippen LogP contribution is 2.34. The number of benzene rings is 6. The first-order valence-corrected chi connectivity index (χ1v) is 19.1. The summed E-state index contributed by atoms with van der Waals surface area (Å²) in [5.41, 5.74) is 11.2. The fourth-order valence-corrected chi connectivity index (χ4v) is 8.09. The number of hydrogen-bond donors (Lipinski definition) is 0. The Labute approximate surface area is 309 Å². The summed E-state index contributed by atoms with van der Waals surface area (Å²) in [6.45, 7) is 4.65. The topological polar surface area (TPSA) is 40.2 Å². The molecule has 0 fully saturated rings. The summed E-state index contributed by atoms with van der Waals surface area (Å²) in [6, 6.07) is 50.6. The summed E-state index contributed by atoms with van der Waals surface area (Å²) in [5, 5.41) is 0.912. The van der Waals surface area contributed by atoms with Gasteiger partial charge in [-0.2, -0.15) is 0 Å². The van der Waals surface area contributed by atoms with Crippen molar-refractivity contribution >= 4 is 55.4 Å². The maximum absolute atomic E-state index is 6.28. The highest BCUT2D eigenvalue weighted by molar-refractivity contribution is 6.75. The highest BCUT2D eigenvalue weighted by Gasteiger charge is 2.40. The van der Waals surface area contributed by atoms with Gasteiger partial charge in [0.05, 0.1) is 0 Å². The molecule has 0 heterocycles. The SMILES string of the molecule is CO[Si](OC)(OC)c1ccc(COc2c(C)cc(/C=C/c3ccc(/C=C/c4ccc(N(c5ccccc5)c5ccccc5)cc4)cc3)cc2C)cc1. The minimum atomic E-state index is -2.85. The van der Waals surface area contributed by atoms with Crippen LogP contribution in [0.3, 0.4) is 0 Å². The highest BCUT2D eigenvalue weighted by atomic mass is 28.4. The van der Waals surface area contributed by atoms with Crippen molar-refractivity contribution in [2.45, 2.75) is 20.5 Å². The van der Waals surface area contributed by atoms with E-state index in [1.165, 1.54) is 0 Å². The molecule has 6 aromatic rings. The van der Waals surface area contributed by atoms with Gasteiger partial charge in [-0.25, -0.2) is 0 Å². The predicted molar refractivity (Wildman–Crippen MR) is 219 cm³/mol. The van der Waals surface area contributed by atoms with Crippen molar-refractivity contribution in [3.63, 3.8) is 0 Å². The Hall–Kier alpha value is -5.50. The number of para-hydroxylation sites is 2. The Kier molecular flexibility index (Phi) is 12.0. The molecule has 5 nitrogen and oxygen atoms in total.